The van der Waals surface area contributed by atoms with Crippen molar-refractivity contribution in [2.24, 2.45) is 5.92 Å². The molecule has 0 heterocycles. The molecular weight excluding hydrogens is 590 g/mol. The van der Waals surface area contributed by atoms with Crippen molar-refractivity contribution in [2.45, 2.75) is 122 Å². The minimum Gasteiger partial charge on any atom is -0.372 e. The van der Waals surface area contributed by atoms with Gasteiger partial charge in [0.1, 0.15) is 5.92 Å². The molecule has 258 valence electrons. The Morgan fingerprint density at radius 2 is 1.25 bits per heavy atom. The van der Waals surface area contributed by atoms with Gasteiger partial charge in [0.25, 0.3) is 5.54 Å². The highest BCUT2D eigenvalue weighted by molar-refractivity contribution is 5.60. The molecule has 0 N–H and O–H groups in total. The maximum Gasteiger partial charge on any atom is 0.278 e. The lowest BCUT2D eigenvalue weighted by molar-refractivity contribution is -0.545. The first kappa shape index (κ1) is 38.5. The van der Waals surface area contributed by atoms with E-state index in [-0.39, 0.29) is 4.92 Å². The Kier molecular flexibility index (Phi) is 18.2. The van der Waals surface area contributed by atoms with Crippen LogP contribution in [0.25, 0.3) is 12.2 Å². The molecule has 5 heteroatoms. The maximum atomic E-state index is 12.4. The molecular formula is C43H59N3O2. The molecule has 48 heavy (non-hydrogen) atoms. The highest BCUT2D eigenvalue weighted by Gasteiger charge is 2.47. The molecule has 0 radical (unpaired) electrons. The number of allylic oxidation sites excluding steroid dienone is 3. The van der Waals surface area contributed by atoms with Gasteiger partial charge in [-0.2, -0.15) is 5.26 Å². The van der Waals surface area contributed by atoms with Crippen molar-refractivity contribution < 1.29 is 4.92 Å². The molecule has 2 aromatic rings. The molecule has 3 rings (SSSR count). The zero-order valence-electron chi connectivity index (χ0n) is 29.7. The number of anilines is 1. The lowest BCUT2D eigenvalue weighted by atomic mass is 9.79. The summed E-state index contributed by atoms with van der Waals surface area (Å²) in [5.74, 6) is -0.919. The molecule has 2 atom stereocenters. The maximum absolute atomic E-state index is 12.4. The van der Waals surface area contributed by atoms with E-state index in [0.717, 1.165) is 29.8 Å². The van der Waals surface area contributed by atoms with Gasteiger partial charge in [0.2, 0.25) is 0 Å². The second-order valence-corrected chi connectivity index (χ2v) is 13.4. The second kappa shape index (κ2) is 22.6. The average molecular weight is 650 g/mol. The van der Waals surface area contributed by atoms with E-state index < -0.39 is 11.5 Å². The highest BCUT2D eigenvalue weighted by Crippen LogP contribution is 2.33. The van der Waals surface area contributed by atoms with Crippen LogP contribution in [0.1, 0.15) is 128 Å². The Morgan fingerprint density at radius 1 is 0.729 bits per heavy atom. The first-order valence-corrected chi connectivity index (χ1v) is 18.7. The van der Waals surface area contributed by atoms with Crippen molar-refractivity contribution in [3.63, 3.8) is 0 Å². The van der Waals surface area contributed by atoms with Crippen molar-refractivity contribution in [3.05, 3.63) is 112 Å². The molecule has 0 saturated heterocycles. The number of unbranched alkanes of at least 4 members (excludes halogenated alkanes) is 14. The van der Waals surface area contributed by atoms with Crippen LogP contribution in [-0.2, 0) is 0 Å². The van der Waals surface area contributed by atoms with Crippen LogP contribution in [0, 0.1) is 27.4 Å². The summed E-state index contributed by atoms with van der Waals surface area (Å²) < 4.78 is 0. The largest absolute Gasteiger partial charge is 0.372 e. The van der Waals surface area contributed by atoms with Gasteiger partial charge in [-0.15, -0.1) is 0 Å². The van der Waals surface area contributed by atoms with Crippen LogP contribution in [0.3, 0.4) is 0 Å². The van der Waals surface area contributed by atoms with Gasteiger partial charge in [0, 0.05) is 23.7 Å². The predicted molar refractivity (Wildman–Crippen MR) is 204 cm³/mol. The Balaban J connectivity index is 1.63. The first-order valence-electron chi connectivity index (χ1n) is 18.7. The third-order valence-electron chi connectivity index (χ3n) is 9.49. The van der Waals surface area contributed by atoms with E-state index in [1.54, 1.807) is 30.4 Å². The van der Waals surface area contributed by atoms with Gasteiger partial charge in [-0.05, 0) is 53.8 Å². The summed E-state index contributed by atoms with van der Waals surface area (Å²) in [6.45, 7) is 6.66. The predicted octanol–water partition coefficient (Wildman–Crippen LogP) is 12.2. The van der Waals surface area contributed by atoms with E-state index in [1.807, 2.05) is 54.6 Å². The van der Waals surface area contributed by atoms with E-state index in [9.17, 15) is 15.4 Å². The van der Waals surface area contributed by atoms with Gasteiger partial charge in [-0.3, -0.25) is 10.1 Å². The van der Waals surface area contributed by atoms with Gasteiger partial charge >= 0.3 is 0 Å². The van der Waals surface area contributed by atoms with E-state index >= 15 is 0 Å². The van der Waals surface area contributed by atoms with Crippen LogP contribution < -0.4 is 4.90 Å². The smallest absolute Gasteiger partial charge is 0.278 e. The van der Waals surface area contributed by atoms with Gasteiger partial charge in [-0.25, -0.2) is 0 Å². The van der Waals surface area contributed by atoms with E-state index in [4.69, 9.17) is 0 Å². The molecule has 0 aromatic heterocycles. The van der Waals surface area contributed by atoms with Crippen molar-refractivity contribution in [3.8, 4) is 6.07 Å². The standard InChI is InChI=1S/C43H59N3O2/c1-3-5-7-9-11-13-15-20-34-45(35-21-16-14-12-10-8-6-4-2)42-28-26-39(27-29-42)30-32-43(46(47)48)33-31-40(36-41(43)37-44)25-24-38-22-18-17-19-23-38/h17-19,22-33,36,41H,3-16,20-21,34-35H2,1-2H3. The third kappa shape index (κ3) is 13.3. The van der Waals surface area contributed by atoms with Crippen molar-refractivity contribution >= 4 is 17.8 Å². The quantitative estimate of drug-likeness (QED) is 0.0644. The van der Waals surface area contributed by atoms with Crippen LogP contribution in [0.5, 0.6) is 0 Å². The SMILES string of the molecule is CCCCCCCCCCN(CCCCCCCCCC)c1ccc(C=CC2([N+](=O)[O-])C=CC(C=Cc3ccccc3)=CC2C#N)cc1. The van der Waals surface area contributed by atoms with E-state index in [1.165, 1.54) is 108 Å². The lowest BCUT2D eigenvalue weighted by Gasteiger charge is -2.26. The lowest BCUT2D eigenvalue weighted by Crippen LogP contribution is -2.42. The van der Waals surface area contributed by atoms with E-state index in [0.29, 0.717) is 0 Å². The number of rotatable bonds is 24. The summed E-state index contributed by atoms with van der Waals surface area (Å²) in [5.41, 5.74) is 2.31. The Morgan fingerprint density at radius 3 is 1.77 bits per heavy atom. The number of nitrogens with zero attached hydrogens (tertiary/aromatic N) is 3. The Labute approximate surface area is 291 Å². The third-order valence-corrected chi connectivity index (χ3v) is 9.49. The van der Waals surface area contributed by atoms with Crippen LogP contribution in [-0.4, -0.2) is 23.6 Å². The summed E-state index contributed by atoms with van der Waals surface area (Å²) in [7, 11) is 0. The molecule has 0 spiro atoms. The highest BCUT2D eigenvalue weighted by atomic mass is 16.6. The minimum atomic E-state index is -1.61. The summed E-state index contributed by atoms with van der Waals surface area (Å²) in [5, 5.41) is 22.4. The number of nitriles is 1. The Bertz CT molecular complexity index is 1330. The van der Waals surface area contributed by atoms with Crippen LogP contribution in [0.4, 0.5) is 5.69 Å². The number of benzene rings is 2. The summed E-state index contributed by atoms with van der Waals surface area (Å²) in [4.78, 5) is 14.6. The molecule has 5 nitrogen and oxygen atoms in total. The van der Waals surface area contributed by atoms with Crippen molar-refractivity contribution in [1.29, 1.82) is 5.26 Å². The average Bonchev–Trinajstić information content (AvgIpc) is 3.12. The molecule has 0 aliphatic heterocycles. The monoisotopic (exact) mass is 649 g/mol. The topological polar surface area (TPSA) is 70.2 Å². The molecule has 1 aliphatic carbocycles. The fourth-order valence-corrected chi connectivity index (χ4v) is 6.39. The number of hydrogen-bond acceptors (Lipinski definition) is 4. The van der Waals surface area contributed by atoms with Gasteiger partial charge < -0.3 is 4.90 Å². The van der Waals surface area contributed by atoms with Crippen molar-refractivity contribution in [2.75, 3.05) is 18.0 Å². The first-order chi connectivity index (χ1) is 23.5. The molecule has 2 aromatic carbocycles. The van der Waals surface area contributed by atoms with Crippen molar-refractivity contribution in [1.82, 2.24) is 0 Å². The van der Waals surface area contributed by atoms with Gasteiger partial charge in [0.15, 0.2) is 0 Å². The zero-order valence-corrected chi connectivity index (χ0v) is 29.7. The second-order valence-electron chi connectivity index (χ2n) is 13.4. The van der Waals surface area contributed by atoms with Gasteiger partial charge in [0.05, 0.1) is 6.07 Å². The number of hydrogen-bond donors (Lipinski definition) is 0. The molecule has 0 amide bonds. The normalized spacial score (nSPS) is 17.5. The number of nitro groups is 1. The summed E-state index contributed by atoms with van der Waals surface area (Å²) >= 11 is 0. The van der Waals surface area contributed by atoms with Crippen LogP contribution in [0.15, 0.2) is 90.6 Å². The Hall–Kier alpha value is -3.91. The molecule has 0 bridgehead atoms. The molecule has 0 fully saturated rings. The summed E-state index contributed by atoms with van der Waals surface area (Å²) in [6.07, 6.45) is 33.2. The molecule has 0 saturated carbocycles. The van der Waals surface area contributed by atoms with Crippen LogP contribution in [0.2, 0.25) is 0 Å². The molecule has 2 unspecified atom stereocenters. The zero-order chi connectivity index (χ0) is 34.3. The van der Waals surface area contributed by atoms with Gasteiger partial charge in [-0.1, -0.05) is 177 Å². The fourth-order valence-electron chi connectivity index (χ4n) is 6.39. The van der Waals surface area contributed by atoms with E-state index in [2.05, 4.69) is 36.9 Å². The summed E-state index contributed by atoms with van der Waals surface area (Å²) in [6, 6.07) is 20.5. The minimum absolute atomic E-state index is 0.341. The fraction of sp³-hybridized carbons (Fsp3) is 0.512. The van der Waals surface area contributed by atoms with Crippen LogP contribution >= 0.6 is 0 Å². The molecule has 1 aliphatic rings.